The normalized spacial score (nSPS) is 44.0. The molecule has 43 valence electrons. The predicted octanol–water partition coefficient (Wildman–Crippen LogP) is 0.488. The Balaban J connectivity index is 2.04. The predicted molar refractivity (Wildman–Crippen MR) is 29.4 cm³/mol. The zero-order chi connectivity index (χ0) is 5.40. The van der Waals surface area contributed by atoms with Crippen molar-refractivity contribution in [2.75, 3.05) is 0 Å². The Morgan fingerprint density at radius 2 is 1.75 bits per heavy atom. The van der Waals surface area contributed by atoms with Crippen LogP contribution in [0.25, 0.3) is 0 Å². The third-order valence-corrected chi connectivity index (χ3v) is 1.85. The van der Waals surface area contributed by atoms with Gasteiger partial charge in [0.15, 0.2) is 0 Å². The molecule has 1 saturated heterocycles. The van der Waals surface area contributed by atoms with Crippen LogP contribution in [0.15, 0.2) is 0 Å². The lowest BCUT2D eigenvalue weighted by Gasteiger charge is -2.04. The quantitative estimate of drug-likeness (QED) is 0.423. The Hall–Kier alpha value is -0.0151. The van der Waals surface area contributed by atoms with Gasteiger partial charge < -0.3 is 9.31 Å². The summed E-state index contributed by atoms with van der Waals surface area (Å²) in [4.78, 5) is 0. The molecule has 1 aliphatic heterocycles. The minimum Gasteiger partial charge on any atom is -0.408 e. The highest BCUT2D eigenvalue weighted by Gasteiger charge is 2.34. The summed E-state index contributed by atoms with van der Waals surface area (Å²) in [6.45, 7) is 0. The summed E-state index contributed by atoms with van der Waals surface area (Å²) in [6.07, 6.45) is 4.43. The van der Waals surface area contributed by atoms with E-state index in [4.69, 9.17) is 9.31 Å². The van der Waals surface area contributed by atoms with Crippen molar-refractivity contribution in [3.05, 3.63) is 0 Å². The summed E-state index contributed by atoms with van der Waals surface area (Å²) in [5, 5.41) is 0. The van der Waals surface area contributed by atoms with Crippen molar-refractivity contribution in [1.29, 1.82) is 0 Å². The van der Waals surface area contributed by atoms with Gasteiger partial charge in [-0.15, -0.1) is 0 Å². The summed E-state index contributed by atoms with van der Waals surface area (Å²) in [5.41, 5.74) is 0. The van der Waals surface area contributed by atoms with E-state index < -0.39 is 0 Å². The van der Waals surface area contributed by atoms with Gasteiger partial charge in [-0.2, -0.15) is 0 Å². The van der Waals surface area contributed by atoms with Crippen molar-refractivity contribution >= 4 is 7.69 Å². The van der Waals surface area contributed by atoms with Gasteiger partial charge >= 0.3 is 7.69 Å². The van der Waals surface area contributed by atoms with E-state index in [1.54, 1.807) is 0 Å². The van der Waals surface area contributed by atoms with Crippen molar-refractivity contribution in [3.8, 4) is 0 Å². The van der Waals surface area contributed by atoms with Gasteiger partial charge in [0.25, 0.3) is 0 Å². The van der Waals surface area contributed by atoms with Gasteiger partial charge in [0.2, 0.25) is 0 Å². The fourth-order valence-electron chi connectivity index (χ4n) is 1.38. The maximum absolute atomic E-state index is 5.13. The topological polar surface area (TPSA) is 18.5 Å². The first-order chi connectivity index (χ1) is 3.97. The summed E-state index contributed by atoms with van der Waals surface area (Å²) < 4.78 is 10.3. The molecule has 0 amide bonds. The summed E-state index contributed by atoms with van der Waals surface area (Å²) in [6, 6.07) is 0. The average Bonchev–Trinajstić information content (AvgIpc) is 2.15. The molecular formula is C5H8BO2. The molecule has 0 aromatic carbocycles. The maximum atomic E-state index is 5.13. The van der Waals surface area contributed by atoms with E-state index in [1.165, 1.54) is 26.9 Å². The van der Waals surface area contributed by atoms with Crippen LogP contribution < -0.4 is 0 Å². The third-order valence-electron chi connectivity index (χ3n) is 1.85. The summed E-state index contributed by atoms with van der Waals surface area (Å²) in [5.74, 6) is 0. The zero-order valence-corrected chi connectivity index (χ0v) is 4.67. The van der Waals surface area contributed by atoms with Crippen LogP contribution in [0.2, 0.25) is 0 Å². The Morgan fingerprint density at radius 1 is 1.12 bits per heavy atom. The van der Waals surface area contributed by atoms with E-state index >= 15 is 0 Å². The third kappa shape index (κ3) is 0.582. The Bertz CT molecular complexity index is 76.4. The van der Waals surface area contributed by atoms with Gasteiger partial charge in [-0.1, -0.05) is 0 Å². The second kappa shape index (κ2) is 1.74. The van der Waals surface area contributed by atoms with E-state index in [9.17, 15) is 0 Å². The highest BCUT2D eigenvalue weighted by Crippen LogP contribution is 2.27. The molecule has 0 spiro atoms. The standard InChI is InChI=1S/C5H8BO2/c1-2-4-5(3-1)8-6-7-4/h4-5H,1-3H2/t4-,5+. The van der Waals surface area contributed by atoms with Gasteiger partial charge in [0.1, 0.15) is 0 Å². The lowest BCUT2D eigenvalue weighted by molar-refractivity contribution is 0.187. The first kappa shape index (κ1) is 4.83. The average molecular weight is 111 g/mol. The van der Waals surface area contributed by atoms with E-state index in [-0.39, 0.29) is 0 Å². The SMILES string of the molecule is [B]1O[C@H]2CCC[C@H]2O1. The lowest BCUT2D eigenvalue weighted by Crippen LogP contribution is -2.13. The molecule has 3 heteroatoms. The molecule has 0 aromatic heterocycles. The molecule has 0 bridgehead atoms. The molecule has 1 radical (unpaired) electrons. The monoisotopic (exact) mass is 111 g/mol. The van der Waals surface area contributed by atoms with Gasteiger partial charge in [-0.3, -0.25) is 0 Å². The number of rotatable bonds is 0. The molecule has 0 N–H and O–H groups in total. The number of hydrogen-bond donors (Lipinski definition) is 0. The lowest BCUT2D eigenvalue weighted by atomic mass is 10.3. The molecule has 2 atom stereocenters. The van der Waals surface area contributed by atoms with Crippen LogP contribution in [0, 0.1) is 0 Å². The fourth-order valence-corrected chi connectivity index (χ4v) is 1.38. The maximum Gasteiger partial charge on any atom is 0.488 e. The minimum absolute atomic E-state index is 0.398. The van der Waals surface area contributed by atoms with Crippen LogP contribution in [0.1, 0.15) is 19.3 Å². The van der Waals surface area contributed by atoms with E-state index in [0.29, 0.717) is 12.2 Å². The molecule has 1 saturated carbocycles. The van der Waals surface area contributed by atoms with Gasteiger partial charge in [0, 0.05) is 0 Å². The van der Waals surface area contributed by atoms with E-state index in [2.05, 4.69) is 0 Å². The highest BCUT2D eigenvalue weighted by atomic mass is 16.6. The van der Waals surface area contributed by atoms with Crippen LogP contribution in [-0.4, -0.2) is 19.9 Å². The highest BCUT2D eigenvalue weighted by molar-refractivity contribution is 6.19. The van der Waals surface area contributed by atoms with Crippen LogP contribution in [0.5, 0.6) is 0 Å². The smallest absolute Gasteiger partial charge is 0.408 e. The fraction of sp³-hybridized carbons (Fsp3) is 1.00. The van der Waals surface area contributed by atoms with Gasteiger partial charge in [-0.05, 0) is 19.3 Å². The molecule has 0 aromatic rings. The first-order valence-electron chi connectivity index (χ1n) is 3.09. The van der Waals surface area contributed by atoms with E-state index in [0.717, 1.165) is 0 Å². The Morgan fingerprint density at radius 3 is 2.38 bits per heavy atom. The second-order valence-corrected chi connectivity index (χ2v) is 2.38. The molecule has 1 aliphatic carbocycles. The largest absolute Gasteiger partial charge is 0.488 e. The van der Waals surface area contributed by atoms with Crippen molar-refractivity contribution in [1.82, 2.24) is 0 Å². The zero-order valence-electron chi connectivity index (χ0n) is 4.67. The van der Waals surface area contributed by atoms with E-state index in [1.807, 2.05) is 0 Å². The van der Waals surface area contributed by atoms with Crippen molar-refractivity contribution in [3.63, 3.8) is 0 Å². The van der Waals surface area contributed by atoms with Gasteiger partial charge in [0.05, 0.1) is 12.2 Å². The van der Waals surface area contributed by atoms with Crippen LogP contribution in [0.4, 0.5) is 0 Å². The molecule has 1 heterocycles. The second-order valence-electron chi connectivity index (χ2n) is 2.38. The van der Waals surface area contributed by atoms with Crippen molar-refractivity contribution in [2.24, 2.45) is 0 Å². The minimum atomic E-state index is 0.398. The molecule has 0 unspecified atom stereocenters. The first-order valence-corrected chi connectivity index (χ1v) is 3.09. The van der Waals surface area contributed by atoms with Crippen LogP contribution in [-0.2, 0) is 9.31 Å². The molecule has 2 fully saturated rings. The van der Waals surface area contributed by atoms with Crippen LogP contribution >= 0.6 is 0 Å². The summed E-state index contributed by atoms with van der Waals surface area (Å²) >= 11 is 0. The summed E-state index contributed by atoms with van der Waals surface area (Å²) in [7, 11) is 1.48. The van der Waals surface area contributed by atoms with Crippen molar-refractivity contribution in [2.45, 2.75) is 31.5 Å². The molecular weight excluding hydrogens is 103 g/mol. The Labute approximate surface area is 49.5 Å². The molecule has 2 nitrogen and oxygen atoms in total. The molecule has 2 rings (SSSR count). The molecule has 8 heavy (non-hydrogen) atoms. The van der Waals surface area contributed by atoms with Gasteiger partial charge in [-0.25, -0.2) is 0 Å². The number of fused-ring (bicyclic) bond motifs is 1. The Kier molecular flexibility index (Phi) is 1.05. The number of hydrogen-bond acceptors (Lipinski definition) is 2. The van der Waals surface area contributed by atoms with Crippen molar-refractivity contribution < 1.29 is 9.31 Å². The van der Waals surface area contributed by atoms with Crippen LogP contribution in [0.3, 0.4) is 0 Å². The molecule has 2 aliphatic rings.